The number of rotatable bonds is 10. The molecule has 6 nitrogen and oxygen atoms in total. The summed E-state index contributed by atoms with van der Waals surface area (Å²) in [4.78, 5) is 17.5. The third-order valence-corrected chi connectivity index (χ3v) is 7.23. The van der Waals surface area contributed by atoms with E-state index >= 15 is 0 Å². The van der Waals surface area contributed by atoms with Crippen molar-refractivity contribution in [2.24, 2.45) is 11.8 Å². The van der Waals surface area contributed by atoms with Crippen LogP contribution < -0.4 is 5.32 Å². The Kier molecular flexibility index (Phi) is 8.15. The Hall–Kier alpha value is -2.67. The van der Waals surface area contributed by atoms with E-state index in [1.165, 1.54) is 18.4 Å². The maximum Gasteiger partial charge on any atom is 0.228 e. The van der Waals surface area contributed by atoms with E-state index in [4.69, 9.17) is 0 Å². The number of carbonyl (C=O) groups is 1. The van der Waals surface area contributed by atoms with Gasteiger partial charge < -0.3 is 9.88 Å². The molecule has 1 atom stereocenters. The van der Waals surface area contributed by atoms with Gasteiger partial charge in [-0.05, 0) is 47.9 Å². The highest BCUT2D eigenvalue weighted by molar-refractivity contribution is 7.98. The SMILES string of the molecule is CC(C)Cn1c(CNC(=O)[C@H](c2ccccc2)C2CCCC2)nnc1SCc1ccncc1. The van der Waals surface area contributed by atoms with Gasteiger partial charge in [0.25, 0.3) is 0 Å². The molecule has 0 unspecified atom stereocenters. The molecule has 4 rings (SSSR count). The van der Waals surface area contributed by atoms with Crippen molar-refractivity contribution < 1.29 is 4.79 Å². The Bertz CT molecular complexity index is 1020. The lowest BCUT2D eigenvalue weighted by Gasteiger charge is -2.23. The summed E-state index contributed by atoms with van der Waals surface area (Å²) in [5.74, 6) is 2.48. The average Bonchev–Trinajstić information content (AvgIpc) is 3.48. The van der Waals surface area contributed by atoms with Crippen LogP contribution in [-0.2, 0) is 23.6 Å². The second-order valence-electron chi connectivity index (χ2n) is 9.20. The maximum absolute atomic E-state index is 13.4. The first-order chi connectivity index (χ1) is 16.1. The Labute approximate surface area is 200 Å². The summed E-state index contributed by atoms with van der Waals surface area (Å²) in [6, 6.07) is 14.3. The van der Waals surface area contributed by atoms with Crippen LogP contribution >= 0.6 is 11.8 Å². The van der Waals surface area contributed by atoms with Gasteiger partial charge in [0.15, 0.2) is 11.0 Å². The summed E-state index contributed by atoms with van der Waals surface area (Å²) in [5.41, 5.74) is 2.31. The molecule has 33 heavy (non-hydrogen) atoms. The van der Waals surface area contributed by atoms with Crippen molar-refractivity contribution in [3.63, 3.8) is 0 Å². The minimum atomic E-state index is -0.101. The molecule has 7 heteroatoms. The van der Waals surface area contributed by atoms with Crippen molar-refractivity contribution >= 4 is 17.7 Å². The van der Waals surface area contributed by atoms with Crippen molar-refractivity contribution in [1.29, 1.82) is 0 Å². The molecule has 0 radical (unpaired) electrons. The standard InChI is InChI=1S/C26H33N5OS/c1-19(2)17-31-23(29-30-26(31)33-18-20-12-14-27-15-13-20)16-28-25(32)24(22-10-6-7-11-22)21-8-4-3-5-9-21/h3-5,8-9,12-15,19,22,24H,6-7,10-11,16-18H2,1-2H3,(H,28,32)/t24-/m1/s1. The Morgan fingerprint density at radius 1 is 1.09 bits per heavy atom. The summed E-state index contributed by atoms with van der Waals surface area (Å²) in [6.45, 7) is 5.59. The molecular weight excluding hydrogens is 430 g/mol. The summed E-state index contributed by atoms with van der Waals surface area (Å²) in [5, 5.41) is 13.0. The lowest BCUT2D eigenvalue weighted by Crippen LogP contribution is -2.33. The monoisotopic (exact) mass is 463 g/mol. The van der Waals surface area contributed by atoms with E-state index in [0.717, 1.165) is 41.7 Å². The molecule has 1 aliphatic rings. The molecule has 1 saturated carbocycles. The van der Waals surface area contributed by atoms with Crippen LogP contribution in [0.15, 0.2) is 60.0 Å². The molecular formula is C26H33N5OS. The first-order valence-electron chi connectivity index (χ1n) is 11.9. The number of thioether (sulfide) groups is 1. The van der Waals surface area contributed by atoms with Crippen LogP contribution in [0.4, 0.5) is 0 Å². The topological polar surface area (TPSA) is 72.7 Å². The van der Waals surface area contributed by atoms with E-state index in [9.17, 15) is 4.79 Å². The number of hydrogen-bond acceptors (Lipinski definition) is 5. The number of carbonyl (C=O) groups excluding carboxylic acids is 1. The smallest absolute Gasteiger partial charge is 0.228 e. The van der Waals surface area contributed by atoms with Crippen LogP contribution in [0, 0.1) is 11.8 Å². The second kappa shape index (κ2) is 11.5. The van der Waals surface area contributed by atoms with Gasteiger partial charge in [-0.3, -0.25) is 9.78 Å². The number of nitrogens with one attached hydrogen (secondary N) is 1. The first kappa shape index (κ1) is 23.5. The highest BCUT2D eigenvalue weighted by Crippen LogP contribution is 2.37. The molecule has 0 bridgehead atoms. The van der Waals surface area contributed by atoms with Gasteiger partial charge in [-0.1, -0.05) is 68.8 Å². The van der Waals surface area contributed by atoms with E-state index < -0.39 is 0 Å². The van der Waals surface area contributed by atoms with Crippen LogP contribution in [-0.4, -0.2) is 25.7 Å². The normalized spacial score (nSPS) is 15.1. The van der Waals surface area contributed by atoms with Crippen LogP contribution in [0.2, 0.25) is 0 Å². The Morgan fingerprint density at radius 2 is 1.82 bits per heavy atom. The number of benzene rings is 1. The molecule has 1 amide bonds. The molecule has 1 N–H and O–H groups in total. The Balaban J connectivity index is 1.46. The van der Waals surface area contributed by atoms with E-state index in [0.29, 0.717) is 18.4 Å². The molecule has 174 valence electrons. The van der Waals surface area contributed by atoms with Crippen molar-refractivity contribution in [3.8, 4) is 0 Å². The molecule has 0 saturated heterocycles. The van der Waals surface area contributed by atoms with Gasteiger partial charge in [-0.15, -0.1) is 10.2 Å². The van der Waals surface area contributed by atoms with Gasteiger partial charge in [0.1, 0.15) is 0 Å². The summed E-state index contributed by atoms with van der Waals surface area (Å²) < 4.78 is 2.16. The van der Waals surface area contributed by atoms with Crippen LogP contribution in [0.3, 0.4) is 0 Å². The van der Waals surface area contributed by atoms with Crippen molar-refractivity contribution in [2.75, 3.05) is 0 Å². The number of hydrogen-bond donors (Lipinski definition) is 1. The third kappa shape index (κ3) is 6.22. The predicted octanol–water partition coefficient (Wildman–Crippen LogP) is 5.21. The van der Waals surface area contributed by atoms with Crippen LogP contribution in [0.25, 0.3) is 0 Å². The van der Waals surface area contributed by atoms with E-state index in [-0.39, 0.29) is 11.8 Å². The summed E-state index contributed by atoms with van der Waals surface area (Å²) >= 11 is 1.67. The van der Waals surface area contributed by atoms with E-state index in [2.05, 4.69) is 51.0 Å². The van der Waals surface area contributed by atoms with Crippen LogP contribution in [0.5, 0.6) is 0 Å². The highest BCUT2D eigenvalue weighted by Gasteiger charge is 2.32. The Morgan fingerprint density at radius 3 is 2.52 bits per heavy atom. The van der Waals surface area contributed by atoms with Gasteiger partial charge in [0.2, 0.25) is 5.91 Å². The lowest BCUT2D eigenvalue weighted by atomic mass is 9.84. The van der Waals surface area contributed by atoms with Crippen molar-refractivity contribution in [1.82, 2.24) is 25.1 Å². The molecule has 1 aromatic carbocycles. The predicted molar refractivity (Wildman–Crippen MR) is 132 cm³/mol. The van der Waals surface area contributed by atoms with Gasteiger partial charge in [-0.25, -0.2) is 0 Å². The van der Waals surface area contributed by atoms with Gasteiger partial charge in [0.05, 0.1) is 12.5 Å². The quantitative estimate of drug-likeness (QED) is 0.418. The number of amides is 1. The van der Waals surface area contributed by atoms with E-state index in [1.807, 2.05) is 42.7 Å². The fourth-order valence-electron chi connectivity index (χ4n) is 4.60. The van der Waals surface area contributed by atoms with Crippen molar-refractivity contribution in [3.05, 3.63) is 71.8 Å². The van der Waals surface area contributed by atoms with Gasteiger partial charge in [-0.2, -0.15) is 0 Å². The summed E-state index contributed by atoms with van der Waals surface area (Å²) in [6.07, 6.45) is 8.27. The molecule has 0 aliphatic heterocycles. The zero-order chi connectivity index (χ0) is 23.0. The lowest BCUT2D eigenvalue weighted by molar-refractivity contribution is -0.124. The van der Waals surface area contributed by atoms with Crippen LogP contribution in [0.1, 0.15) is 62.4 Å². The zero-order valence-corrected chi connectivity index (χ0v) is 20.3. The van der Waals surface area contributed by atoms with Crippen molar-refractivity contribution in [2.45, 2.75) is 69.4 Å². The summed E-state index contributed by atoms with van der Waals surface area (Å²) in [7, 11) is 0. The molecule has 2 aromatic heterocycles. The maximum atomic E-state index is 13.4. The molecule has 1 aliphatic carbocycles. The third-order valence-electron chi connectivity index (χ3n) is 6.19. The zero-order valence-electron chi connectivity index (χ0n) is 19.5. The largest absolute Gasteiger partial charge is 0.348 e. The second-order valence-corrected chi connectivity index (χ2v) is 10.1. The number of aromatic nitrogens is 4. The average molecular weight is 464 g/mol. The molecule has 1 fully saturated rings. The highest BCUT2D eigenvalue weighted by atomic mass is 32.2. The minimum Gasteiger partial charge on any atom is -0.348 e. The van der Waals surface area contributed by atoms with E-state index in [1.54, 1.807) is 11.8 Å². The number of nitrogens with zero attached hydrogens (tertiary/aromatic N) is 4. The van der Waals surface area contributed by atoms with Gasteiger partial charge in [0, 0.05) is 24.7 Å². The fourth-order valence-corrected chi connectivity index (χ4v) is 5.52. The first-order valence-corrected chi connectivity index (χ1v) is 12.9. The molecule has 3 aromatic rings. The molecule has 2 heterocycles. The fraction of sp³-hybridized carbons (Fsp3) is 0.462. The minimum absolute atomic E-state index is 0.0955. The van der Waals surface area contributed by atoms with Gasteiger partial charge >= 0.3 is 0 Å². The number of pyridine rings is 1. The molecule has 0 spiro atoms.